The van der Waals surface area contributed by atoms with Crippen LogP contribution in [0.4, 0.5) is 0 Å². The quantitative estimate of drug-likeness (QED) is 0.658. The van der Waals surface area contributed by atoms with Crippen molar-refractivity contribution in [2.24, 2.45) is 0 Å². The van der Waals surface area contributed by atoms with Crippen LogP contribution >= 0.6 is 0 Å². The minimum Gasteiger partial charge on any atom is -0.379 e. The van der Waals surface area contributed by atoms with Gasteiger partial charge in [-0.05, 0) is 25.3 Å². The predicted molar refractivity (Wildman–Crippen MR) is 110 cm³/mol. The van der Waals surface area contributed by atoms with Crippen LogP contribution in [0.3, 0.4) is 0 Å². The third-order valence-corrected chi connectivity index (χ3v) is 6.27. The predicted octanol–water partition coefficient (Wildman–Crippen LogP) is 2.21. The summed E-state index contributed by atoms with van der Waals surface area (Å²) >= 11 is 0. The number of ether oxygens (including phenoxy) is 1. The highest BCUT2D eigenvalue weighted by molar-refractivity contribution is 5.78. The summed E-state index contributed by atoms with van der Waals surface area (Å²) in [6.07, 6.45) is 10.5. The molecule has 0 spiro atoms. The fourth-order valence-corrected chi connectivity index (χ4v) is 4.57. The van der Waals surface area contributed by atoms with Crippen molar-refractivity contribution in [1.29, 1.82) is 0 Å². The van der Waals surface area contributed by atoms with Gasteiger partial charge in [-0.1, -0.05) is 19.3 Å². The van der Waals surface area contributed by atoms with E-state index in [2.05, 4.69) is 14.9 Å². The number of hydrogen-bond donors (Lipinski definition) is 0. The van der Waals surface area contributed by atoms with E-state index in [1.165, 1.54) is 19.3 Å². The van der Waals surface area contributed by atoms with Gasteiger partial charge in [0.05, 0.1) is 24.1 Å². The fraction of sp³-hybridized carbons (Fsp3) is 0.619. The largest absolute Gasteiger partial charge is 0.379 e. The van der Waals surface area contributed by atoms with Gasteiger partial charge in [-0.3, -0.25) is 9.69 Å². The van der Waals surface area contributed by atoms with Crippen LogP contribution in [0, 0.1) is 0 Å². The maximum Gasteiger partial charge on any atom is 0.261 e. The van der Waals surface area contributed by atoms with Crippen LogP contribution in [0.25, 0.3) is 16.7 Å². The number of morpholine rings is 1. The lowest BCUT2D eigenvalue weighted by atomic mass is 9.89. The average Bonchev–Trinajstić information content (AvgIpc) is 3.21. The van der Waals surface area contributed by atoms with E-state index in [0.29, 0.717) is 23.6 Å². The number of aromatic nitrogens is 5. The summed E-state index contributed by atoms with van der Waals surface area (Å²) in [6, 6.07) is 1.97. The average molecular weight is 396 g/mol. The van der Waals surface area contributed by atoms with E-state index in [4.69, 9.17) is 9.84 Å². The van der Waals surface area contributed by atoms with Gasteiger partial charge in [0.15, 0.2) is 5.82 Å². The molecular weight excluding hydrogens is 368 g/mol. The molecule has 0 unspecified atom stereocenters. The standard InChI is InChI=1S/C21H28N6O2/c28-20-17-15-22-21-23-19(16-5-2-1-3-6-16)24-27(21)18(17)7-10-26(20)9-4-8-25-11-13-29-14-12-25/h7,10,15-16H,1-6,8-9,11-14H2. The number of rotatable bonds is 5. The molecule has 0 amide bonds. The van der Waals surface area contributed by atoms with Crippen molar-refractivity contribution in [1.82, 2.24) is 29.0 Å². The van der Waals surface area contributed by atoms with Crippen LogP contribution in [-0.4, -0.2) is 61.9 Å². The second-order valence-corrected chi connectivity index (χ2v) is 8.20. The van der Waals surface area contributed by atoms with E-state index in [0.717, 1.165) is 63.5 Å². The minimum atomic E-state index is -0.00593. The maximum atomic E-state index is 13.0. The normalized spacial score (nSPS) is 19.3. The van der Waals surface area contributed by atoms with E-state index < -0.39 is 0 Å². The van der Waals surface area contributed by atoms with Gasteiger partial charge in [0.2, 0.25) is 0 Å². The zero-order valence-electron chi connectivity index (χ0n) is 16.8. The summed E-state index contributed by atoms with van der Waals surface area (Å²) in [7, 11) is 0. The number of hydrogen-bond acceptors (Lipinski definition) is 6. The molecule has 0 N–H and O–H groups in total. The number of nitrogens with zero attached hydrogens (tertiary/aromatic N) is 6. The molecule has 154 valence electrons. The molecule has 1 saturated carbocycles. The highest BCUT2D eigenvalue weighted by Gasteiger charge is 2.21. The monoisotopic (exact) mass is 396 g/mol. The molecule has 0 bridgehead atoms. The molecular formula is C21H28N6O2. The highest BCUT2D eigenvalue weighted by Crippen LogP contribution is 2.31. The van der Waals surface area contributed by atoms with Gasteiger partial charge in [-0.15, -0.1) is 5.10 Å². The molecule has 1 saturated heterocycles. The van der Waals surface area contributed by atoms with Gasteiger partial charge in [0, 0.05) is 44.5 Å². The fourth-order valence-electron chi connectivity index (χ4n) is 4.57. The van der Waals surface area contributed by atoms with Crippen molar-refractivity contribution in [3.63, 3.8) is 0 Å². The van der Waals surface area contributed by atoms with Crippen molar-refractivity contribution in [2.45, 2.75) is 51.0 Å². The second kappa shape index (κ2) is 8.20. The molecule has 29 heavy (non-hydrogen) atoms. The topological polar surface area (TPSA) is 77.6 Å². The van der Waals surface area contributed by atoms with Gasteiger partial charge in [0.1, 0.15) is 0 Å². The highest BCUT2D eigenvalue weighted by atomic mass is 16.5. The van der Waals surface area contributed by atoms with Gasteiger partial charge < -0.3 is 9.30 Å². The Morgan fingerprint density at radius 2 is 1.93 bits per heavy atom. The Morgan fingerprint density at radius 3 is 2.76 bits per heavy atom. The summed E-state index contributed by atoms with van der Waals surface area (Å²) in [5.74, 6) is 1.88. The first-order chi connectivity index (χ1) is 14.3. The Balaban J connectivity index is 1.38. The van der Waals surface area contributed by atoms with Gasteiger partial charge in [-0.2, -0.15) is 9.50 Å². The molecule has 2 fully saturated rings. The van der Waals surface area contributed by atoms with E-state index in [-0.39, 0.29) is 5.56 Å². The minimum absolute atomic E-state index is 0.00593. The van der Waals surface area contributed by atoms with Crippen LogP contribution in [0.1, 0.15) is 50.3 Å². The third-order valence-electron chi connectivity index (χ3n) is 6.27. The number of fused-ring (bicyclic) bond motifs is 3. The Labute approximate surface area is 169 Å². The summed E-state index contributed by atoms with van der Waals surface area (Å²) < 4.78 is 8.93. The third kappa shape index (κ3) is 3.79. The molecule has 3 aromatic heterocycles. The molecule has 1 aliphatic heterocycles. The number of pyridine rings is 1. The van der Waals surface area contributed by atoms with Crippen LogP contribution < -0.4 is 5.56 Å². The molecule has 0 atom stereocenters. The first kappa shape index (κ1) is 18.7. The first-order valence-corrected chi connectivity index (χ1v) is 10.8. The molecule has 4 heterocycles. The second-order valence-electron chi connectivity index (χ2n) is 8.20. The van der Waals surface area contributed by atoms with E-state index in [1.54, 1.807) is 15.3 Å². The molecule has 1 aliphatic carbocycles. The van der Waals surface area contributed by atoms with E-state index >= 15 is 0 Å². The molecule has 0 aromatic carbocycles. The molecule has 2 aliphatic rings. The summed E-state index contributed by atoms with van der Waals surface area (Å²) in [5.41, 5.74) is 0.785. The smallest absolute Gasteiger partial charge is 0.261 e. The van der Waals surface area contributed by atoms with Crippen LogP contribution in [0.15, 0.2) is 23.3 Å². The van der Waals surface area contributed by atoms with Gasteiger partial charge in [0.25, 0.3) is 11.3 Å². The molecule has 0 radical (unpaired) electrons. The Hall–Kier alpha value is -2.32. The van der Waals surface area contributed by atoms with Gasteiger partial charge >= 0.3 is 0 Å². The van der Waals surface area contributed by atoms with Crippen molar-refractivity contribution in [3.05, 3.63) is 34.6 Å². The Kier molecular flexibility index (Phi) is 5.28. The zero-order valence-corrected chi connectivity index (χ0v) is 16.8. The van der Waals surface area contributed by atoms with Crippen molar-refractivity contribution >= 4 is 16.7 Å². The SMILES string of the molecule is O=c1c2cnc3nc(C4CCCCC4)nn3c2ccn1CCCN1CCOCC1. The molecule has 8 nitrogen and oxygen atoms in total. The lowest BCUT2D eigenvalue weighted by molar-refractivity contribution is 0.0369. The Morgan fingerprint density at radius 1 is 1.10 bits per heavy atom. The van der Waals surface area contributed by atoms with E-state index in [9.17, 15) is 4.79 Å². The van der Waals surface area contributed by atoms with Crippen molar-refractivity contribution in [3.8, 4) is 0 Å². The molecule has 3 aromatic rings. The first-order valence-electron chi connectivity index (χ1n) is 10.8. The van der Waals surface area contributed by atoms with Crippen molar-refractivity contribution in [2.75, 3.05) is 32.8 Å². The summed E-state index contributed by atoms with van der Waals surface area (Å²) in [6.45, 7) is 5.25. The maximum absolute atomic E-state index is 13.0. The van der Waals surface area contributed by atoms with Crippen LogP contribution in [0.2, 0.25) is 0 Å². The number of aryl methyl sites for hydroxylation is 1. The molecule has 8 heteroatoms. The summed E-state index contributed by atoms with van der Waals surface area (Å²) in [5, 5.41) is 5.34. The van der Waals surface area contributed by atoms with Gasteiger partial charge in [-0.25, -0.2) is 4.98 Å². The van der Waals surface area contributed by atoms with Crippen LogP contribution in [0.5, 0.6) is 0 Å². The molecule has 5 rings (SSSR count). The Bertz CT molecular complexity index is 1050. The van der Waals surface area contributed by atoms with E-state index in [1.807, 2.05) is 12.3 Å². The zero-order chi connectivity index (χ0) is 19.6. The van der Waals surface area contributed by atoms with Crippen LogP contribution in [-0.2, 0) is 11.3 Å². The van der Waals surface area contributed by atoms with Crippen molar-refractivity contribution < 1.29 is 4.74 Å². The summed E-state index contributed by atoms with van der Waals surface area (Å²) in [4.78, 5) is 24.5. The lowest BCUT2D eigenvalue weighted by Gasteiger charge is -2.26. The lowest BCUT2D eigenvalue weighted by Crippen LogP contribution is -2.37.